The van der Waals surface area contributed by atoms with Gasteiger partial charge in [0.2, 0.25) is 5.82 Å². The number of ether oxygens (including phenoxy) is 1. The van der Waals surface area contributed by atoms with Crippen molar-refractivity contribution in [3.8, 4) is 17.2 Å². The summed E-state index contributed by atoms with van der Waals surface area (Å²) in [4.78, 5) is 14.9. The van der Waals surface area contributed by atoms with Crippen molar-refractivity contribution in [2.45, 2.75) is 6.61 Å². The van der Waals surface area contributed by atoms with E-state index >= 15 is 0 Å². The van der Waals surface area contributed by atoms with Gasteiger partial charge in [0.25, 0.3) is 5.89 Å². The van der Waals surface area contributed by atoms with Crippen molar-refractivity contribution >= 4 is 5.97 Å². The van der Waals surface area contributed by atoms with Gasteiger partial charge in [-0.15, -0.1) is 0 Å². The van der Waals surface area contributed by atoms with E-state index in [9.17, 15) is 9.18 Å². The third-order valence-corrected chi connectivity index (χ3v) is 3.03. The third kappa shape index (κ3) is 3.52. The number of carbonyl (C=O) groups is 1. The van der Waals surface area contributed by atoms with Crippen LogP contribution in [-0.2, 0) is 6.61 Å². The normalized spacial score (nSPS) is 10.5. The summed E-state index contributed by atoms with van der Waals surface area (Å²) < 4.78 is 23.4. The van der Waals surface area contributed by atoms with E-state index in [1.165, 1.54) is 36.4 Å². The highest BCUT2D eigenvalue weighted by Gasteiger charge is 2.10. The van der Waals surface area contributed by atoms with E-state index in [-0.39, 0.29) is 23.9 Å². The predicted octanol–water partition coefficient (Wildman–Crippen LogP) is 3.15. The Labute approximate surface area is 130 Å². The maximum atomic E-state index is 12.9. The average molecular weight is 314 g/mol. The van der Waals surface area contributed by atoms with Crippen molar-refractivity contribution in [1.82, 2.24) is 10.1 Å². The van der Waals surface area contributed by atoms with Crippen LogP contribution in [-0.4, -0.2) is 21.2 Å². The van der Waals surface area contributed by atoms with Crippen LogP contribution in [0.1, 0.15) is 16.2 Å². The Hall–Kier alpha value is -3.22. The van der Waals surface area contributed by atoms with Gasteiger partial charge in [0.15, 0.2) is 6.61 Å². The first-order valence-electron chi connectivity index (χ1n) is 6.66. The maximum Gasteiger partial charge on any atom is 0.335 e. The number of carboxylic acid groups (broad SMARTS) is 1. The van der Waals surface area contributed by atoms with Gasteiger partial charge in [0.05, 0.1) is 5.56 Å². The minimum atomic E-state index is -1.00. The van der Waals surface area contributed by atoms with Crippen molar-refractivity contribution in [2.24, 2.45) is 0 Å². The molecule has 0 unspecified atom stereocenters. The molecule has 3 rings (SSSR count). The molecule has 6 nitrogen and oxygen atoms in total. The second kappa shape index (κ2) is 6.27. The Morgan fingerprint density at radius 1 is 1.13 bits per heavy atom. The van der Waals surface area contributed by atoms with Gasteiger partial charge in [0, 0.05) is 5.56 Å². The van der Waals surface area contributed by atoms with Gasteiger partial charge in [-0.3, -0.25) is 0 Å². The summed E-state index contributed by atoms with van der Waals surface area (Å²) in [6.45, 7) is 0.0666. The molecule has 1 aromatic heterocycles. The average Bonchev–Trinajstić information content (AvgIpc) is 3.03. The predicted molar refractivity (Wildman–Crippen MR) is 77.4 cm³/mol. The van der Waals surface area contributed by atoms with Gasteiger partial charge in [-0.25, -0.2) is 9.18 Å². The molecule has 0 aliphatic rings. The molecule has 0 saturated heterocycles. The summed E-state index contributed by atoms with van der Waals surface area (Å²) in [6, 6.07) is 11.7. The topological polar surface area (TPSA) is 85.5 Å². The zero-order valence-electron chi connectivity index (χ0n) is 11.8. The lowest BCUT2D eigenvalue weighted by molar-refractivity contribution is 0.0697. The summed E-state index contributed by atoms with van der Waals surface area (Å²) in [5.41, 5.74) is 0.784. The first-order valence-corrected chi connectivity index (χ1v) is 6.66. The number of hydrogen-bond donors (Lipinski definition) is 1. The molecule has 23 heavy (non-hydrogen) atoms. The molecule has 0 amide bonds. The number of aromatic carboxylic acids is 1. The van der Waals surface area contributed by atoms with E-state index in [1.807, 2.05) is 0 Å². The van der Waals surface area contributed by atoms with Crippen LogP contribution < -0.4 is 4.74 Å². The Bertz CT molecular complexity index is 813. The molecule has 0 radical (unpaired) electrons. The van der Waals surface area contributed by atoms with Crippen molar-refractivity contribution in [3.63, 3.8) is 0 Å². The first-order chi connectivity index (χ1) is 11.1. The lowest BCUT2D eigenvalue weighted by Crippen LogP contribution is -1.99. The molecular weight excluding hydrogens is 303 g/mol. The highest BCUT2D eigenvalue weighted by Crippen LogP contribution is 2.18. The number of benzene rings is 2. The summed E-state index contributed by atoms with van der Waals surface area (Å²) in [7, 11) is 0. The maximum absolute atomic E-state index is 12.9. The zero-order chi connectivity index (χ0) is 16.2. The fraction of sp³-hybridized carbons (Fsp3) is 0.0625. The van der Waals surface area contributed by atoms with Crippen molar-refractivity contribution in [2.75, 3.05) is 0 Å². The summed E-state index contributed by atoms with van der Waals surface area (Å²) in [5.74, 6) is -0.264. The van der Waals surface area contributed by atoms with Crippen molar-refractivity contribution in [1.29, 1.82) is 0 Å². The molecule has 0 saturated carbocycles. The molecule has 1 N–H and O–H groups in total. The van der Waals surface area contributed by atoms with Gasteiger partial charge in [-0.05, 0) is 48.5 Å². The number of aromatic nitrogens is 2. The molecule has 0 bridgehead atoms. The van der Waals surface area contributed by atoms with Crippen LogP contribution in [0.3, 0.4) is 0 Å². The smallest absolute Gasteiger partial charge is 0.335 e. The fourth-order valence-corrected chi connectivity index (χ4v) is 1.86. The SMILES string of the molecule is O=C(O)c1ccc(OCc2noc(-c3ccc(F)cc3)n2)cc1. The van der Waals surface area contributed by atoms with E-state index in [0.29, 0.717) is 17.1 Å². The summed E-state index contributed by atoms with van der Waals surface area (Å²) in [5, 5.41) is 12.6. The molecule has 2 aromatic carbocycles. The minimum Gasteiger partial charge on any atom is -0.485 e. The quantitative estimate of drug-likeness (QED) is 0.778. The molecule has 7 heteroatoms. The molecule has 0 aliphatic heterocycles. The molecule has 116 valence electrons. The minimum absolute atomic E-state index is 0.0666. The van der Waals surface area contributed by atoms with Crippen LogP contribution >= 0.6 is 0 Å². The number of rotatable bonds is 5. The second-order valence-corrected chi connectivity index (χ2v) is 4.64. The molecule has 0 spiro atoms. The van der Waals surface area contributed by atoms with Crippen LogP contribution in [0.4, 0.5) is 4.39 Å². The van der Waals surface area contributed by atoms with Gasteiger partial charge in [-0.2, -0.15) is 4.98 Å². The highest BCUT2D eigenvalue weighted by molar-refractivity contribution is 5.87. The number of halogens is 1. The summed E-state index contributed by atoms with van der Waals surface area (Å²) >= 11 is 0. The molecule has 0 fully saturated rings. The number of carboxylic acids is 1. The van der Waals surface area contributed by atoms with Crippen LogP contribution in [0.15, 0.2) is 53.1 Å². The largest absolute Gasteiger partial charge is 0.485 e. The van der Waals surface area contributed by atoms with Crippen molar-refractivity contribution < 1.29 is 23.6 Å². The first kappa shape index (κ1) is 14.7. The molecule has 0 atom stereocenters. The molecular formula is C16H11FN2O4. The van der Waals surface area contributed by atoms with Gasteiger partial charge < -0.3 is 14.4 Å². The van der Waals surface area contributed by atoms with Gasteiger partial charge in [-0.1, -0.05) is 5.16 Å². The van der Waals surface area contributed by atoms with E-state index in [0.717, 1.165) is 0 Å². The Morgan fingerprint density at radius 2 is 1.83 bits per heavy atom. The molecule has 1 heterocycles. The van der Waals surface area contributed by atoms with Crippen LogP contribution in [0.25, 0.3) is 11.5 Å². The van der Waals surface area contributed by atoms with Gasteiger partial charge in [0.1, 0.15) is 11.6 Å². The fourth-order valence-electron chi connectivity index (χ4n) is 1.86. The summed E-state index contributed by atoms with van der Waals surface area (Å²) in [6.07, 6.45) is 0. The molecule has 3 aromatic rings. The third-order valence-electron chi connectivity index (χ3n) is 3.03. The van der Waals surface area contributed by atoms with E-state index in [1.54, 1.807) is 12.1 Å². The zero-order valence-corrected chi connectivity index (χ0v) is 11.8. The lowest BCUT2D eigenvalue weighted by atomic mass is 10.2. The Balaban J connectivity index is 1.65. The highest BCUT2D eigenvalue weighted by atomic mass is 19.1. The van der Waals surface area contributed by atoms with E-state index in [4.69, 9.17) is 14.4 Å². The van der Waals surface area contributed by atoms with Crippen LogP contribution in [0.5, 0.6) is 5.75 Å². The number of nitrogens with zero attached hydrogens (tertiary/aromatic N) is 2. The van der Waals surface area contributed by atoms with Crippen molar-refractivity contribution in [3.05, 3.63) is 65.7 Å². The number of hydrogen-bond acceptors (Lipinski definition) is 5. The van der Waals surface area contributed by atoms with E-state index < -0.39 is 5.97 Å². The van der Waals surface area contributed by atoms with Crippen LogP contribution in [0, 0.1) is 5.82 Å². The Morgan fingerprint density at radius 3 is 2.48 bits per heavy atom. The molecule has 0 aliphatic carbocycles. The van der Waals surface area contributed by atoms with Crippen LogP contribution in [0.2, 0.25) is 0 Å². The monoisotopic (exact) mass is 314 g/mol. The second-order valence-electron chi connectivity index (χ2n) is 4.64. The van der Waals surface area contributed by atoms with E-state index in [2.05, 4.69) is 10.1 Å². The van der Waals surface area contributed by atoms with Gasteiger partial charge >= 0.3 is 5.97 Å². The standard InChI is InChI=1S/C16H11FN2O4/c17-12-5-1-10(2-6-12)15-18-14(19-23-15)9-22-13-7-3-11(4-8-13)16(20)21/h1-8H,9H2,(H,20,21). The Kier molecular flexibility index (Phi) is 4.01. The lowest BCUT2D eigenvalue weighted by Gasteiger charge is -2.03.